The van der Waals surface area contributed by atoms with Gasteiger partial charge in [0.05, 0.1) is 0 Å². The second kappa shape index (κ2) is 12.3. The van der Waals surface area contributed by atoms with Crippen LogP contribution in [0.4, 0.5) is 17.1 Å². The van der Waals surface area contributed by atoms with Gasteiger partial charge in [-0.25, -0.2) is 0 Å². The van der Waals surface area contributed by atoms with Crippen LogP contribution in [0, 0.1) is 0 Å². The number of anilines is 3. The topological polar surface area (TPSA) is 3.24 Å². The van der Waals surface area contributed by atoms with Crippen molar-refractivity contribution < 1.29 is 0 Å². The van der Waals surface area contributed by atoms with Gasteiger partial charge in [-0.2, -0.15) is 0 Å². The third-order valence-corrected chi connectivity index (χ3v) is 9.62. The average Bonchev–Trinajstić information content (AvgIpc) is 3.19. The highest BCUT2D eigenvalue weighted by Crippen LogP contribution is 2.49. The lowest BCUT2D eigenvalue weighted by molar-refractivity contribution is 1.28. The van der Waals surface area contributed by atoms with Crippen LogP contribution in [0.5, 0.6) is 0 Å². The van der Waals surface area contributed by atoms with E-state index in [0.29, 0.717) is 0 Å². The average molecular weight is 624 g/mol. The molecule has 0 aromatic heterocycles. The minimum absolute atomic E-state index is 1.12. The number of nitrogens with zero attached hydrogens (tertiary/aromatic N) is 1. The van der Waals surface area contributed by atoms with Crippen molar-refractivity contribution in [2.24, 2.45) is 0 Å². The molecule has 0 spiro atoms. The first-order chi connectivity index (χ1) is 24.3. The maximum Gasteiger partial charge on any atom is 0.0462 e. The van der Waals surface area contributed by atoms with Gasteiger partial charge in [-0.15, -0.1) is 0 Å². The highest BCUT2D eigenvalue weighted by atomic mass is 15.1. The molecule has 49 heavy (non-hydrogen) atoms. The summed E-state index contributed by atoms with van der Waals surface area (Å²) in [6.07, 6.45) is 0. The first kappa shape index (κ1) is 28.8. The summed E-state index contributed by atoms with van der Waals surface area (Å²) in [5, 5.41) is 7.65. The van der Waals surface area contributed by atoms with E-state index < -0.39 is 0 Å². The van der Waals surface area contributed by atoms with Crippen LogP contribution in [0.1, 0.15) is 0 Å². The molecule has 0 saturated carbocycles. The summed E-state index contributed by atoms with van der Waals surface area (Å²) in [5.74, 6) is 0. The summed E-state index contributed by atoms with van der Waals surface area (Å²) in [6.45, 7) is 0. The van der Waals surface area contributed by atoms with Crippen molar-refractivity contribution in [3.8, 4) is 33.4 Å². The predicted molar refractivity (Wildman–Crippen MR) is 210 cm³/mol. The summed E-state index contributed by atoms with van der Waals surface area (Å²) >= 11 is 0. The summed E-state index contributed by atoms with van der Waals surface area (Å²) in [5.41, 5.74) is 10.7. The van der Waals surface area contributed by atoms with Crippen molar-refractivity contribution in [2.45, 2.75) is 0 Å². The first-order valence-corrected chi connectivity index (χ1v) is 16.9. The molecule has 230 valence electrons. The number of rotatable bonds is 6. The Morgan fingerprint density at radius 2 is 0.653 bits per heavy atom. The van der Waals surface area contributed by atoms with E-state index in [9.17, 15) is 0 Å². The molecule has 0 fully saturated rings. The lowest BCUT2D eigenvalue weighted by atomic mass is 9.81. The highest BCUT2D eigenvalue weighted by molar-refractivity contribution is 6.32. The van der Waals surface area contributed by atoms with Gasteiger partial charge in [0.15, 0.2) is 0 Å². The van der Waals surface area contributed by atoms with Crippen LogP contribution in [-0.2, 0) is 0 Å². The Labute approximate surface area is 287 Å². The third-order valence-electron chi connectivity index (χ3n) is 9.62. The van der Waals surface area contributed by atoms with Crippen molar-refractivity contribution in [3.63, 3.8) is 0 Å². The molecule has 1 heteroatoms. The van der Waals surface area contributed by atoms with E-state index in [-0.39, 0.29) is 0 Å². The van der Waals surface area contributed by atoms with Gasteiger partial charge in [0.1, 0.15) is 0 Å². The fraction of sp³-hybridized carbons (Fsp3) is 0. The Bertz CT molecular complexity index is 2520. The maximum absolute atomic E-state index is 2.43. The Morgan fingerprint density at radius 3 is 1.18 bits per heavy atom. The van der Waals surface area contributed by atoms with E-state index in [1.54, 1.807) is 0 Å². The molecule has 0 radical (unpaired) electrons. The molecule has 0 aliphatic heterocycles. The molecule has 0 saturated heterocycles. The van der Waals surface area contributed by atoms with E-state index >= 15 is 0 Å². The first-order valence-electron chi connectivity index (χ1n) is 16.9. The molecular formula is C48H33N. The largest absolute Gasteiger partial charge is 0.311 e. The summed E-state index contributed by atoms with van der Waals surface area (Å²) in [4.78, 5) is 2.32. The minimum Gasteiger partial charge on any atom is -0.311 e. The van der Waals surface area contributed by atoms with E-state index in [1.807, 2.05) is 0 Å². The summed E-state index contributed by atoms with van der Waals surface area (Å²) in [7, 11) is 0. The van der Waals surface area contributed by atoms with Crippen LogP contribution < -0.4 is 4.90 Å². The predicted octanol–water partition coefficient (Wildman–Crippen LogP) is 13.6. The fourth-order valence-corrected chi connectivity index (χ4v) is 7.47. The van der Waals surface area contributed by atoms with Gasteiger partial charge in [-0.05, 0) is 108 Å². The molecule has 0 heterocycles. The molecule has 9 aromatic carbocycles. The molecule has 0 bridgehead atoms. The Hall–Kier alpha value is -6.44. The van der Waals surface area contributed by atoms with Crippen LogP contribution in [0.3, 0.4) is 0 Å². The van der Waals surface area contributed by atoms with Gasteiger partial charge in [0, 0.05) is 17.1 Å². The van der Waals surface area contributed by atoms with Crippen molar-refractivity contribution in [2.75, 3.05) is 4.90 Å². The van der Waals surface area contributed by atoms with E-state index in [2.05, 4.69) is 205 Å². The van der Waals surface area contributed by atoms with Crippen LogP contribution in [0.25, 0.3) is 65.7 Å². The van der Waals surface area contributed by atoms with E-state index in [4.69, 9.17) is 0 Å². The molecule has 0 N–H and O–H groups in total. The van der Waals surface area contributed by atoms with Gasteiger partial charge in [0.25, 0.3) is 0 Å². The molecular weight excluding hydrogens is 591 g/mol. The smallest absolute Gasteiger partial charge is 0.0462 e. The molecule has 0 atom stereocenters. The van der Waals surface area contributed by atoms with Gasteiger partial charge in [-0.1, -0.05) is 158 Å². The Morgan fingerprint density at radius 1 is 0.265 bits per heavy atom. The van der Waals surface area contributed by atoms with Crippen molar-refractivity contribution in [3.05, 3.63) is 200 Å². The van der Waals surface area contributed by atoms with Crippen LogP contribution in [0.2, 0.25) is 0 Å². The second-order valence-electron chi connectivity index (χ2n) is 12.5. The molecule has 0 amide bonds. The van der Waals surface area contributed by atoms with Gasteiger partial charge >= 0.3 is 0 Å². The highest BCUT2D eigenvalue weighted by Gasteiger charge is 2.21. The van der Waals surface area contributed by atoms with E-state index in [1.165, 1.54) is 65.7 Å². The molecule has 9 aromatic rings. The van der Waals surface area contributed by atoms with E-state index in [0.717, 1.165) is 17.1 Å². The zero-order chi connectivity index (χ0) is 32.6. The number of hydrogen-bond acceptors (Lipinski definition) is 1. The van der Waals surface area contributed by atoms with Crippen molar-refractivity contribution in [1.29, 1.82) is 0 Å². The SMILES string of the molecule is c1ccc(-c2cc(-c3ccc(N(c4ccccc4)c4ccccc4)cc3)c3c4ccccc4c4ccccc4c3c2-c2ccccc2)cc1. The normalized spacial score (nSPS) is 11.3. The zero-order valence-corrected chi connectivity index (χ0v) is 27.0. The quantitative estimate of drug-likeness (QED) is 0.167. The summed E-state index contributed by atoms with van der Waals surface area (Å²) in [6, 6.07) is 72.3. The van der Waals surface area contributed by atoms with Crippen LogP contribution in [0.15, 0.2) is 200 Å². The standard InChI is InChI=1S/C48H33N/c1-5-17-34(18-6-1)44-33-45(35-29-31-39(32-30-35)49(37-21-9-3-10-22-37)38-23-11-4-12-24-38)47-42-27-15-13-25-40(42)41-26-14-16-28-43(41)48(47)46(44)36-19-7-2-8-20-36/h1-33H. The maximum atomic E-state index is 2.43. The number of benzene rings is 9. The van der Waals surface area contributed by atoms with Crippen LogP contribution in [-0.4, -0.2) is 0 Å². The lowest BCUT2D eigenvalue weighted by Gasteiger charge is -2.26. The molecule has 0 unspecified atom stereocenters. The lowest BCUT2D eigenvalue weighted by Crippen LogP contribution is -2.09. The summed E-state index contributed by atoms with van der Waals surface area (Å²) < 4.78 is 0. The molecule has 9 rings (SSSR count). The van der Waals surface area contributed by atoms with Crippen molar-refractivity contribution in [1.82, 2.24) is 0 Å². The van der Waals surface area contributed by atoms with Crippen molar-refractivity contribution >= 4 is 49.4 Å². The number of hydrogen-bond donors (Lipinski definition) is 0. The molecule has 1 nitrogen and oxygen atoms in total. The monoisotopic (exact) mass is 623 g/mol. The van der Waals surface area contributed by atoms with Gasteiger partial charge < -0.3 is 4.90 Å². The Kier molecular flexibility index (Phi) is 7.22. The second-order valence-corrected chi connectivity index (χ2v) is 12.5. The Balaban J connectivity index is 1.37. The number of para-hydroxylation sites is 2. The zero-order valence-electron chi connectivity index (χ0n) is 27.0. The minimum atomic E-state index is 1.12. The van der Waals surface area contributed by atoms with Gasteiger partial charge in [0.2, 0.25) is 0 Å². The number of fused-ring (bicyclic) bond motifs is 6. The third kappa shape index (κ3) is 5.04. The van der Waals surface area contributed by atoms with Gasteiger partial charge in [-0.3, -0.25) is 0 Å². The van der Waals surface area contributed by atoms with Crippen LogP contribution >= 0.6 is 0 Å². The fourth-order valence-electron chi connectivity index (χ4n) is 7.47. The molecule has 0 aliphatic rings. The molecule has 0 aliphatic carbocycles.